The highest BCUT2D eigenvalue weighted by atomic mass is 16.8. The summed E-state index contributed by atoms with van der Waals surface area (Å²) < 4.78 is 45.5. The first-order valence-corrected chi connectivity index (χ1v) is 22.0. The van der Waals surface area contributed by atoms with E-state index in [2.05, 4.69) is 25.7 Å². The van der Waals surface area contributed by atoms with Gasteiger partial charge in [0.2, 0.25) is 0 Å². The average Bonchev–Trinajstić information content (AvgIpc) is 3.26. The number of allylic oxidation sites excluding steroid dienone is 5. The Bertz CT molecular complexity index is 1530. The molecule has 4 heterocycles. The predicted molar refractivity (Wildman–Crippen MR) is 225 cm³/mol. The van der Waals surface area contributed by atoms with Crippen LogP contribution in [-0.4, -0.2) is 210 Å². The number of aliphatic hydroxyl groups is 12. The van der Waals surface area contributed by atoms with Gasteiger partial charge in [0.25, 0.3) is 0 Å². The van der Waals surface area contributed by atoms with E-state index >= 15 is 0 Å². The van der Waals surface area contributed by atoms with Crippen molar-refractivity contribution in [1.29, 1.82) is 0 Å². The molecular formula is C44H74O20. The lowest BCUT2D eigenvalue weighted by Gasteiger charge is -2.46. The standard InChI is InChI=1S/C44H74O20/c1-8-44(7,64-43-37(55)33(51)30(48)26(18-45)61-43)17-11-16-22(3)13-9-12-21(2)14-10-15-23(4)19-57-41-38(56)39(29(47)25(6)60-41)63-42-36(54)34(52)31(49)27(62-42)20-58-40-35(53)32(50)28(46)24(5)59-40/h8,12,15-16,24-43,45-56H,1,9-11,13-14,17-20H2,2-7H3/b21-12-,22-16+,23-15+. The topological polar surface area (TPSA) is 317 Å². The van der Waals surface area contributed by atoms with E-state index < -0.39 is 142 Å². The first-order chi connectivity index (χ1) is 30.1. The van der Waals surface area contributed by atoms with Crippen molar-refractivity contribution in [3.63, 3.8) is 0 Å². The molecule has 12 N–H and O–H groups in total. The van der Waals surface area contributed by atoms with Gasteiger partial charge in [-0.3, -0.25) is 0 Å². The fourth-order valence-electron chi connectivity index (χ4n) is 7.77. The molecule has 0 saturated carbocycles. The molecule has 21 atom stereocenters. The van der Waals surface area contributed by atoms with Gasteiger partial charge in [-0.1, -0.05) is 41.0 Å². The van der Waals surface area contributed by atoms with Crippen LogP contribution in [0, 0.1) is 0 Å². The molecule has 4 rings (SSSR count). The maximum atomic E-state index is 11.2. The summed E-state index contributed by atoms with van der Waals surface area (Å²) in [6.07, 6.45) is -16.5. The molecule has 4 aliphatic heterocycles. The first kappa shape index (κ1) is 54.8. The van der Waals surface area contributed by atoms with Gasteiger partial charge in [0.15, 0.2) is 25.2 Å². The highest BCUT2D eigenvalue weighted by Gasteiger charge is 2.51. The van der Waals surface area contributed by atoms with Crippen LogP contribution < -0.4 is 0 Å². The van der Waals surface area contributed by atoms with E-state index in [4.69, 9.17) is 37.9 Å². The van der Waals surface area contributed by atoms with Gasteiger partial charge in [-0.05, 0) is 80.1 Å². The zero-order valence-electron chi connectivity index (χ0n) is 37.6. The van der Waals surface area contributed by atoms with Gasteiger partial charge in [-0.25, -0.2) is 0 Å². The van der Waals surface area contributed by atoms with Gasteiger partial charge in [-0.15, -0.1) is 6.58 Å². The smallest absolute Gasteiger partial charge is 0.187 e. The van der Waals surface area contributed by atoms with Crippen molar-refractivity contribution in [3.05, 3.63) is 47.6 Å². The molecule has 370 valence electrons. The number of aliphatic hydroxyl groups excluding tert-OH is 12. The average molecular weight is 923 g/mol. The van der Waals surface area contributed by atoms with Gasteiger partial charge in [0.1, 0.15) is 85.5 Å². The Kier molecular flexibility index (Phi) is 21.4. The van der Waals surface area contributed by atoms with E-state index in [1.165, 1.54) is 25.0 Å². The van der Waals surface area contributed by atoms with Crippen LogP contribution in [0.15, 0.2) is 47.6 Å². The number of hydrogen-bond acceptors (Lipinski definition) is 20. The molecule has 4 saturated heterocycles. The summed E-state index contributed by atoms with van der Waals surface area (Å²) in [5.41, 5.74) is 2.32. The minimum Gasteiger partial charge on any atom is -0.394 e. The maximum Gasteiger partial charge on any atom is 0.187 e. The molecule has 64 heavy (non-hydrogen) atoms. The first-order valence-electron chi connectivity index (χ1n) is 22.0. The van der Waals surface area contributed by atoms with Crippen LogP contribution >= 0.6 is 0 Å². The van der Waals surface area contributed by atoms with Crippen LogP contribution in [0.2, 0.25) is 0 Å². The summed E-state index contributed by atoms with van der Waals surface area (Å²) >= 11 is 0. The van der Waals surface area contributed by atoms with Crippen molar-refractivity contribution < 1.29 is 99.2 Å². The molecule has 0 bridgehead atoms. The molecule has 20 heteroatoms. The Morgan fingerprint density at radius 2 is 1.03 bits per heavy atom. The van der Waals surface area contributed by atoms with Crippen LogP contribution in [-0.2, 0) is 37.9 Å². The fourth-order valence-corrected chi connectivity index (χ4v) is 7.77. The number of hydrogen-bond donors (Lipinski definition) is 12. The van der Waals surface area contributed by atoms with Crippen molar-refractivity contribution in [2.45, 2.75) is 208 Å². The molecule has 0 aromatic carbocycles. The van der Waals surface area contributed by atoms with Gasteiger partial charge < -0.3 is 99.2 Å². The van der Waals surface area contributed by atoms with E-state index in [1.807, 2.05) is 19.9 Å². The van der Waals surface area contributed by atoms with Gasteiger partial charge >= 0.3 is 0 Å². The summed E-state index contributed by atoms with van der Waals surface area (Å²) in [4.78, 5) is 0. The normalized spacial score (nSPS) is 42.6. The zero-order valence-corrected chi connectivity index (χ0v) is 37.6. The van der Waals surface area contributed by atoms with Gasteiger partial charge in [0.05, 0.1) is 37.6 Å². The third kappa shape index (κ3) is 14.3. The van der Waals surface area contributed by atoms with Crippen molar-refractivity contribution in [3.8, 4) is 0 Å². The molecule has 0 aromatic rings. The second-order valence-electron chi connectivity index (χ2n) is 17.7. The van der Waals surface area contributed by atoms with Gasteiger partial charge in [-0.2, -0.15) is 0 Å². The predicted octanol–water partition coefficient (Wildman–Crippen LogP) is -1.55. The lowest BCUT2D eigenvalue weighted by Crippen LogP contribution is -2.64. The van der Waals surface area contributed by atoms with Crippen LogP contribution in [0.4, 0.5) is 0 Å². The Balaban J connectivity index is 1.20. The molecule has 0 aromatic heterocycles. The van der Waals surface area contributed by atoms with Crippen LogP contribution in [0.3, 0.4) is 0 Å². The molecule has 0 aliphatic carbocycles. The van der Waals surface area contributed by atoms with E-state index in [9.17, 15) is 61.3 Å². The van der Waals surface area contributed by atoms with Crippen molar-refractivity contribution in [2.75, 3.05) is 19.8 Å². The lowest BCUT2D eigenvalue weighted by atomic mass is 9.96. The SMILES string of the molecule is C=CC(C)(CC/C=C(\C)CC/C=C(/C)CC/C=C(\C)COC1OC(C)C(O)C(OC2OC(COC3OC(C)C(O)C(O)C3O)C(O)C(O)C2O)C1O)OC1OC(CO)C(O)C(O)C1O. The molecule has 0 amide bonds. The number of ether oxygens (including phenoxy) is 8. The molecule has 0 radical (unpaired) electrons. The third-order valence-electron chi connectivity index (χ3n) is 12.3. The summed E-state index contributed by atoms with van der Waals surface area (Å²) in [6, 6.07) is 0. The Morgan fingerprint density at radius 3 is 1.62 bits per heavy atom. The monoisotopic (exact) mass is 922 g/mol. The lowest BCUT2D eigenvalue weighted by molar-refractivity contribution is -0.362. The van der Waals surface area contributed by atoms with Crippen molar-refractivity contribution in [2.24, 2.45) is 0 Å². The minimum absolute atomic E-state index is 0.0782. The summed E-state index contributed by atoms with van der Waals surface area (Å²) in [5, 5.41) is 124. The van der Waals surface area contributed by atoms with E-state index in [0.717, 1.165) is 31.3 Å². The summed E-state index contributed by atoms with van der Waals surface area (Å²) in [5.74, 6) is 0. The van der Waals surface area contributed by atoms with E-state index in [-0.39, 0.29) is 6.61 Å². The Labute approximate surface area is 374 Å². The second kappa shape index (κ2) is 25.0. The van der Waals surface area contributed by atoms with Crippen molar-refractivity contribution >= 4 is 0 Å². The molecule has 21 unspecified atom stereocenters. The van der Waals surface area contributed by atoms with E-state index in [1.54, 1.807) is 13.0 Å². The van der Waals surface area contributed by atoms with Gasteiger partial charge in [0, 0.05) is 0 Å². The molecule has 20 nitrogen and oxygen atoms in total. The molecule has 4 fully saturated rings. The van der Waals surface area contributed by atoms with Crippen LogP contribution in [0.1, 0.15) is 80.1 Å². The summed E-state index contributed by atoms with van der Waals surface area (Å²) in [6.45, 7) is 13.6. The zero-order chi connectivity index (χ0) is 47.6. The van der Waals surface area contributed by atoms with Crippen LogP contribution in [0.25, 0.3) is 0 Å². The van der Waals surface area contributed by atoms with Crippen LogP contribution in [0.5, 0.6) is 0 Å². The highest BCUT2D eigenvalue weighted by Crippen LogP contribution is 2.32. The molecule has 4 aliphatic rings. The Hall–Kier alpha value is -1.84. The summed E-state index contributed by atoms with van der Waals surface area (Å²) in [7, 11) is 0. The maximum absolute atomic E-state index is 11.2. The minimum atomic E-state index is -1.82. The third-order valence-corrected chi connectivity index (χ3v) is 12.3. The largest absolute Gasteiger partial charge is 0.394 e. The fraction of sp³-hybridized carbons (Fsp3) is 0.818. The second-order valence-corrected chi connectivity index (χ2v) is 17.7. The van der Waals surface area contributed by atoms with E-state index in [0.29, 0.717) is 12.8 Å². The Morgan fingerprint density at radius 1 is 0.547 bits per heavy atom. The highest BCUT2D eigenvalue weighted by molar-refractivity contribution is 5.07. The quantitative estimate of drug-likeness (QED) is 0.0580. The molecule has 0 spiro atoms. The van der Waals surface area contributed by atoms with Crippen molar-refractivity contribution in [1.82, 2.24) is 0 Å². The molecular weight excluding hydrogens is 848 g/mol. The number of rotatable bonds is 21.